The molecule has 23 heavy (non-hydrogen) atoms. The number of ether oxygens (including phenoxy) is 3. The van der Waals surface area contributed by atoms with Gasteiger partial charge in [-0.3, -0.25) is 0 Å². The lowest BCUT2D eigenvalue weighted by Gasteiger charge is -2.12. The van der Waals surface area contributed by atoms with Crippen molar-refractivity contribution >= 4 is 11.8 Å². The Hall–Kier alpha value is -2.89. The van der Waals surface area contributed by atoms with Gasteiger partial charge < -0.3 is 25.7 Å². The predicted octanol–water partition coefficient (Wildman–Crippen LogP) is 0.931. The maximum Gasteiger partial charge on any atom is 0.222 e. The van der Waals surface area contributed by atoms with E-state index in [2.05, 4.69) is 9.97 Å². The lowest BCUT2D eigenvalue weighted by Crippen LogP contribution is -2.18. The summed E-state index contributed by atoms with van der Waals surface area (Å²) in [5.41, 5.74) is 12.6. The normalized spacial score (nSPS) is 14.6. The molecule has 0 atom stereocenters. The van der Waals surface area contributed by atoms with Crippen LogP contribution in [0.3, 0.4) is 0 Å². The van der Waals surface area contributed by atoms with Crippen molar-refractivity contribution in [3.05, 3.63) is 29.8 Å². The Balaban J connectivity index is 1.86. The molecule has 2 heterocycles. The van der Waals surface area contributed by atoms with Crippen molar-refractivity contribution in [1.29, 1.82) is 5.26 Å². The van der Waals surface area contributed by atoms with Gasteiger partial charge in [-0.2, -0.15) is 10.2 Å². The van der Waals surface area contributed by atoms with Crippen LogP contribution in [0.15, 0.2) is 24.3 Å². The Kier molecular flexibility index (Phi) is 4.23. The van der Waals surface area contributed by atoms with Crippen molar-refractivity contribution in [3.63, 3.8) is 0 Å². The van der Waals surface area contributed by atoms with Crippen LogP contribution in [0.25, 0.3) is 11.3 Å². The van der Waals surface area contributed by atoms with Gasteiger partial charge in [0.1, 0.15) is 29.8 Å². The van der Waals surface area contributed by atoms with Gasteiger partial charge in [0.05, 0.1) is 18.9 Å². The summed E-state index contributed by atoms with van der Waals surface area (Å²) in [6, 6.07) is 9.11. The maximum absolute atomic E-state index is 9.25. The fourth-order valence-electron chi connectivity index (χ4n) is 2.22. The lowest BCUT2D eigenvalue weighted by molar-refractivity contribution is -0.0684. The molecule has 0 unspecified atom stereocenters. The van der Waals surface area contributed by atoms with E-state index in [1.165, 1.54) is 0 Å². The number of hydrogen-bond donors (Lipinski definition) is 2. The second-order valence-electron chi connectivity index (χ2n) is 4.81. The smallest absolute Gasteiger partial charge is 0.222 e. The standard InChI is InChI=1S/C15H15N5O3/c16-7-11-13(19-15(18)20-14(11)17)9-2-1-3-10(6-9)23-8-12-21-4-5-22-12/h1-3,6,12H,4-5,8H2,(H4,17,18,19,20). The summed E-state index contributed by atoms with van der Waals surface area (Å²) in [6.45, 7) is 1.42. The number of aromatic nitrogens is 2. The van der Waals surface area contributed by atoms with Crippen molar-refractivity contribution in [3.8, 4) is 23.1 Å². The number of benzene rings is 1. The third kappa shape index (κ3) is 3.31. The molecule has 4 N–H and O–H groups in total. The molecule has 0 radical (unpaired) electrons. The summed E-state index contributed by atoms with van der Waals surface area (Å²) in [5.74, 6) is 0.658. The predicted molar refractivity (Wildman–Crippen MR) is 82.2 cm³/mol. The van der Waals surface area contributed by atoms with E-state index in [0.29, 0.717) is 30.2 Å². The number of hydrogen-bond acceptors (Lipinski definition) is 8. The quantitative estimate of drug-likeness (QED) is 0.852. The van der Waals surface area contributed by atoms with Crippen LogP contribution >= 0.6 is 0 Å². The van der Waals surface area contributed by atoms with Crippen LogP contribution in [-0.4, -0.2) is 36.1 Å². The van der Waals surface area contributed by atoms with Crippen LogP contribution < -0.4 is 16.2 Å². The van der Waals surface area contributed by atoms with Crippen LogP contribution in [0.4, 0.5) is 11.8 Å². The fraction of sp³-hybridized carbons (Fsp3) is 0.267. The first-order chi connectivity index (χ1) is 11.2. The SMILES string of the molecule is N#Cc1c(N)nc(N)nc1-c1cccc(OCC2OCCO2)c1. The molecule has 0 amide bonds. The zero-order valence-electron chi connectivity index (χ0n) is 12.2. The van der Waals surface area contributed by atoms with E-state index in [4.69, 9.17) is 25.7 Å². The van der Waals surface area contributed by atoms with Gasteiger partial charge in [-0.05, 0) is 12.1 Å². The number of anilines is 2. The highest BCUT2D eigenvalue weighted by atomic mass is 16.7. The molecule has 8 nitrogen and oxygen atoms in total. The summed E-state index contributed by atoms with van der Waals surface area (Å²) in [4.78, 5) is 7.91. The molecule has 1 aliphatic heterocycles. The number of nitrogens with zero attached hydrogens (tertiary/aromatic N) is 3. The minimum Gasteiger partial charge on any atom is -0.488 e. The molecule has 118 valence electrons. The van der Waals surface area contributed by atoms with Gasteiger partial charge in [-0.1, -0.05) is 12.1 Å². The molecule has 1 aromatic heterocycles. The fourth-order valence-corrected chi connectivity index (χ4v) is 2.22. The molecule has 3 rings (SSSR count). The van der Waals surface area contributed by atoms with Gasteiger partial charge in [-0.15, -0.1) is 0 Å². The summed E-state index contributed by atoms with van der Waals surface area (Å²) in [7, 11) is 0. The van der Waals surface area contributed by atoms with Crippen LogP contribution in [0.1, 0.15) is 5.56 Å². The molecule has 1 aliphatic rings. The van der Waals surface area contributed by atoms with Gasteiger partial charge >= 0.3 is 0 Å². The van der Waals surface area contributed by atoms with Crippen molar-refractivity contribution in [2.24, 2.45) is 0 Å². The molecule has 8 heteroatoms. The van der Waals surface area contributed by atoms with Crippen LogP contribution in [0.5, 0.6) is 5.75 Å². The first-order valence-corrected chi connectivity index (χ1v) is 6.97. The Morgan fingerprint density at radius 3 is 2.78 bits per heavy atom. The minimum absolute atomic E-state index is 0.00979. The summed E-state index contributed by atoms with van der Waals surface area (Å²) in [6.07, 6.45) is -0.362. The lowest BCUT2D eigenvalue weighted by atomic mass is 10.1. The van der Waals surface area contributed by atoms with Crippen LogP contribution in [0.2, 0.25) is 0 Å². The largest absolute Gasteiger partial charge is 0.488 e. The Labute approximate surface area is 132 Å². The topological polar surface area (TPSA) is 129 Å². The van der Waals surface area contributed by atoms with Gasteiger partial charge in [0.15, 0.2) is 6.29 Å². The highest BCUT2D eigenvalue weighted by Crippen LogP contribution is 2.28. The second kappa shape index (κ2) is 6.48. The molecule has 1 saturated heterocycles. The van der Waals surface area contributed by atoms with Gasteiger partial charge in [0.25, 0.3) is 0 Å². The highest BCUT2D eigenvalue weighted by molar-refractivity contribution is 5.73. The molecular weight excluding hydrogens is 298 g/mol. The van der Waals surface area contributed by atoms with Crippen LogP contribution in [0, 0.1) is 11.3 Å². The third-order valence-corrected chi connectivity index (χ3v) is 3.25. The maximum atomic E-state index is 9.25. The van der Waals surface area contributed by atoms with E-state index < -0.39 is 0 Å². The minimum atomic E-state index is -0.362. The average Bonchev–Trinajstić information content (AvgIpc) is 3.06. The molecule has 0 saturated carbocycles. The zero-order chi connectivity index (χ0) is 16.2. The Morgan fingerprint density at radius 2 is 2.04 bits per heavy atom. The molecule has 1 fully saturated rings. The average molecular weight is 313 g/mol. The summed E-state index contributed by atoms with van der Waals surface area (Å²) in [5, 5.41) is 9.25. The van der Waals surface area contributed by atoms with E-state index in [1.807, 2.05) is 6.07 Å². The molecule has 2 aromatic rings. The van der Waals surface area contributed by atoms with Crippen LogP contribution in [-0.2, 0) is 9.47 Å². The molecule has 1 aromatic carbocycles. The van der Waals surface area contributed by atoms with Gasteiger partial charge in [0.2, 0.25) is 5.95 Å². The van der Waals surface area contributed by atoms with Gasteiger partial charge in [-0.25, -0.2) is 4.98 Å². The molecule has 0 bridgehead atoms. The number of nitrogen functional groups attached to an aromatic ring is 2. The van der Waals surface area contributed by atoms with E-state index in [0.717, 1.165) is 0 Å². The van der Waals surface area contributed by atoms with Crippen molar-refractivity contribution in [2.75, 3.05) is 31.3 Å². The van der Waals surface area contributed by atoms with Gasteiger partial charge in [0, 0.05) is 5.56 Å². The van der Waals surface area contributed by atoms with Crippen molar-refractivity contribution in [2.45, 2.75) is 6.29 Å². The Morgan fingerprint density at radius 1 is 1.26 bits per heavy atom. The highest BCUT2D eigenvalue weighted by Gasteiger charge is 2.17. The van der Waals surface area contributed by atoms with Crippen molar-refractivity contribution < 1.29 is 14.2 Å². The van der Waals surface area contributed by atoms with E-state index in [9.17, 15) is 5.26 Å². The molecular formula is C15H15N5O3. The summed E-state index contributed by atoms with van der Waals surface area (Å²) < 4.78 is 16.3. The third-order valence-electron chi connectivity index (χ3n) is 3.25. The number of rotatable bonds is 4. The molecule has 0 spiro atoms. The van der Waals surface area contributed by atoms with Crippen molar-refractivity contribution in [1.82, 2.24) is 9.97 Å². The second-order valence-corrected chi connectivity index (χ2v) is 4.81. The van der Waals surface area contributed by atoms with E-state index in [-0.39, 0.29) is 30.2 Å². The summed E-state index contributed by atoms with van der Waals surface area (Å²) >= 11 is 0. The molecule has 0 aliphatic carbocycles. The number of nitrogens with two attached hydrogens (primary N) is 2. The zero-order valence-corrected chi connectivity index (χ0v) is 12.2. The number of nitriles is 1. The van der Waals surface area contributed by atoms with E-state index >= 15 is 0 Å². The first kappa shape index (κ1) is 15.0. The Bertz CT molecular complexity index is 753. The first-order valence-electron chi connectivity index (χ1n) is 6.97. The van der Waals surface area contributed by atoms with E-state index in [1.54, 1.807) is 24.3 Å². The monoisotopic (exact) mass is 313 g/mol.